The molecule has 0 aromatic heterocycles. The van der Waals surface area contributed by atoms with Gasteiger partial charge >= 0.3 is 0 Å². The summed E-state index contributed by atoms with van der Waals surface area (Å²) in [5, 5.41) is 3.00. The van der Waals surface area contributed by atoms with Crippen LogP contribution in [0.3, 0.4) is 0 Å². The van der Waals surface area contributed by atoms with Gasteiger partial charge in [0.2, 0.25) is 0 Å². The van der Waals surface area contributed by atoms with Crippen LogP contribution in [-0.2, 0) is 0 Å². The third kappa shape index (κ3) is 3.37. The number of aryl methyl sites for hydroxylation is 1. The van der Waals surface area contributed by atoms with Crippen LogP contribution in [0.4, 0.5) is 0 Å². The molecule has 0 aliphatic rings. The Hall–Kier alpha value is -1.31. The topological polar surface area (TPSA) is 29.1 Å². The number of hydrogen-bond donors (Lipinski definition) is 1. The van der Waals surface area contributed by atoms with Crippen molar-refractivity contribution in [1.82, 2.24) is 5.32 Å². The number of benzene rings is 1. The molecule has 2 nitrogen and oxygen atoms in total. The normalized spacial score (nSPS) is 10.5. The molecule has 0 fully saturated rings. The van der Waals surface area contributed by atoms with Gasteiger partial charge < -0.3 is 5.32 Å². The molecule has 1 aromatic carbocycles. The van der Waals surface area contributed by atoms with E-state index < -0.39 is 0 Å². The summed E-state index contributed by atoms with van der Waals surface area (Å²) in [5.74, 6) is 0.637. The van der Waals surface area contributed by atoms with Crippen molar-refractivity contribution in [2.24, 2.45) is 5.92 Å². The summed E-state index contributed by atoms with van der Waals surface area (Å²) >= 11 is 0. The maximum absolute atomic E-state index is 11.9. The predicted molar refractivity (Wildman–Crippen MR) is 67.6 cm³/mol. The van der Waals surface area contributed by atoms with Gasteiger partial charge in [-0.1, -0.05) is 44.9 Å². The Morgan fingerprint density at radius 1 is 1.25 bits per heavy atom. The van der Waals surface area contributed by atoms with E-state index in [0.717, 1.165) is 30.5 Å². The van der Waals surface area contributed by atoms with E-state index in [0.29, 0.717) is 5.92 Å². The SMILES string of the molecule is CCC(CC)CNC(=O)c1ccccc1C. The monoisotopic (exact) mass is 219 g/mol. The van der Waals surface area contributed by atoms with Crippen LogP contribution < -0.4 is 5.32 Å². The molecule has 1 aromatic rings. The molecule has 0 aliphatic carbocycles. The minimum absolute atomic E-state index is 0.0463. The minimum Gasteiger partial charge on any atom is -0.352 e. The highest BCUT2D eigenvalue weighted by atomic mass is 16.1. The van der Waals surface area contributed by atoms with Crippen molar-refractivity contribution >= 4 is 5.91 Å². The van der Waals surface area contributed by atoms with Crippen LogP contribution in [0.15, 0.2) is 24.3 Å². The van der Waals surface area contributed by atoms with Crippen molar-refractivity contribution in [3.8, 4) is 0 Å². The zero-order valence-corrected chi connectivity index (χ0v) is 10.4. The second-order valence-corrected chi connectivity index (χ2v) is 4.21. The fourth-order valence-corrected chi connectivity index (χ4v) is 1.74. The van der Waals surface area contributed by atoms with E-state index >= 15 is 0 Å². The van der Waals surface area contributed by atoms with Gasteiger partial charge in [-0.15, -0.1) is 0 Å². The Labute approximate surface area is 98.1 Å². The Morgan fingerprint density at radius 3 is 2.44 bits per heavy atom. The lowest BCUT2D eigenvalue weighted by molar-refractivity contribution is 0.0946. The average Bonchev–Trinajstić information content (AvgIpc) is 2.30. The molecule has 0 unspecified atom stereocenters. The van der Waals surface area contributed by atoms with Gasteiger partial charge in [-0.3, -0.25) is 4.79 Å². The third-order valence-electron chi connectivity index (χ3n) is 3.10. The molecule has 0 saturated heterocycles. The van der Waals surface area contributed by atoms with Gasteiger partial charge in [0.1, 0.15) is 0 Å². The number of carbonyl (C=O) groups excluding carboxylic acids is 1. The molecule has 0 saturated carbocycles. The Morgan fingerprint density at radius 2 is 1.88 bits per heavy atom. The van der Waals surface area contributed by atoms with E-state index in [1.54, 1.807) is 0 Å². The van der Waals surface area contributed by atoms with Gasteiger partial charge in [-0.25, -0.2) is 0 Å². The summed E-state index contributed by atoms with van der Waals surface area (Å²) in [6, 6.07) is 7.69. The van der Waals surface area contributed by atoms with Crippen molar-refractivity contribution in [2.75, 3.05) is 6.54 Å². The average molecular weight is 219 g/mol. The van der Waals surface area contributed by atoms with Crippen molar-refractivity contribution in [1.29, 1.82) is 0 Å². The van der Waals surface area contributed by atoms with Crippen molar-refractivity contribution < 1.29 is 4.79 Å². The molecule has 2 heteroatoms. The number of carbonyl (C=O) groups is 1. The number of rotatable bonds is 5. The lowest BCUT2D eigenvalue weighted by Crippen LogP contribution is -2.29. The zero-order valence-electron chi connectivity index (χ0n) is 10.4. The number of hydrogen-bond acceptors (Lipinski definition) is 1. The first-order valence-electron chi connectivity index (χ1n) is 6.02. The molecule has 0 radical (unpaired) electrons. The van der Waals surface area contributed by atoms with E-state index in [9.17, 15) is 4.79 Å². The summed E-state index contributed by atoms with van der Waals surface area (Å²) in [6.07, 6.45) is 2.23. The first-order chi connectivity index (χ1) is 7.69. The fraction of sp³-hybridized carbons (Fsp3) is 0.500. The second-order valence-electron chi connectivity index (χ2n) is 4.21. The molecule has 1 N–H and O–H groups in total. The lowest BCUT2D eigenvalue weighted by Gasteiger charge is -2.13. The molecule has 88 valence electrons. The van der Waals surface area contributed by atoms with E-state index in [-0.39, 0.29) is 5.91 Å². The largest absolute Gasteiger partial charge is 0.352 e. The quantitative estimate of drug-likeness (QED) is 0.809. The molecule has 0 atom stereocenters. The second kappa shape index (κ2) is 6.31. The van der Waals surface area contributed by atoms with E-state index in [1.807, 2.05) is 31.2 Å². The number of amides is 1. The van der Waals surface area contributed by atoms with Crippen LogP contribution >= 0.6 is 0 Å². The van der Waals surface area contributed by atoms with Gasteiger partial charge in [-0.2, -0.15) is 0 Å². The Bertz CT molecular complexity index is 342. The zero-order chi connectivity index (χ0) is 12.0. The summed E-state index contributed by atoms with van der Waals surface area (Å²) in [6.45, 7) is 7.06. The lowest BCUT2D eigenvalue weighted by atomic mass is 10.0. The molecule has 16 heavy (non-hydrogen) atoms. The first-order valence-corrected chi connectivity index (χ1v) is 6.02. The van der Waals surface area contributed by atoms with Crippen LogP contribution in [-0.4, -0.2) is 12.5 Å². The Balaban J connectivity index is 2.56. The van der Waals surface area contributed by atoms with Crippen molar-refractivity contribution in [2.45, 2.75) is 33.6 Å². The van der Waals surface area contributed by atoms with E-state index in [1.165, 1.54) is 0 Å². The summed E-state index contributed by atoms with van der Waals surface area (Å²) < 4.78 is 0. The fourth-order valence-electron chi connectivity index (χ4n) is 1.74. The van der Waals surface area contributed by atoms with Gasteiger partial charge in [-0.05, 0) is 24.5 Å². The van der Waals surface area contributed by atoms with Crippen molar-refractivity contribution in [3.63, 3.8) is 0 Å². The first kappa shape index (κ1) is 12.8. The summed E-state index contributed by atoms with van der Waals surface area (Å²) in [7, 11) is 0. The molecule has 0 spiro atoms. The number of nitrogens with one attached hydrogen (secondary N) is 1. The van der Waals surface area contributed by atoms with Gasteiger partial charge in [0.15, 0.2) is 0 Å². The molecule has 0 aliphatic heterocycles. The van der Waals surface area contributed by atoms with Crippen LogP contribution in [0.25, 0.3) is 0 Å². The molecule has 1 amide bonds. The molecular formula is C14H21NO. The molecule has 1 rings (SSSR count). The summed E-state index contributed by atoms with van der Waals surface area (Å²) in [4.78, 5) is 11.9. The maximum atomic E-state index is 11.9. The summed E-state index contributed by atoms with van der Waals surface area (Å²) in [5.41, 5.74) is 1.82. The highest BCUT2D eigenvalue weighted by Crippen LogP contribution is 2.08. The molecular weight excluding hydrogens is 198 g/mol. The van der Waals surface area contributed by atoms with E-state index in [4.69, 9.17) is 0 Å². The van der Waals surface area contributed by atoms with Crippen molar-refractivity contribution in [3.05, 3.63) is 35.4 Å². The predicted octanol–water partition coefficient (Wildman–Crippen LogP) is 3.16. The minimum atomic E-state index is 0.0463. The Kier molecular flexibility index (Phi) is 5.03. The standard InChI is InChI=1S/C14H21NO/c1-4-12(5-2)10-15-14(16)13-9-7-6-8-11(13)3/h6-9,12H,4-5,10H2,1-3H3,(H,15,16). The van der Waals surface area contributed by atoms with E-state index in [2.05, 4.69) is 19.2 Å². The van der Waals surface area contributed by atoms with Crippen LogP contribution in [0.2, 0.25) is 0 Å². The van der Waals surface area contributed by atoms with Gasteiger partial charge in [0, 0.05) is 12.1 Å². The highest BCUT2D eigenvalue weighted by molar-refractivity contribution is 5.95. The smallest absolute Gasteiger partial charge is 0.251 e. The van der Waals surface area contributed by atoms with Gasteiger partial charge in [0.25, 0.3) is 5.91 Å². The van der Waals surface area contributed by atoms with Gasteiger partial charge in [0.05, 0.1) is 0 Å². The van der Waals surface area contributed by atoms with Crippen LogP contribution in [0.5, 0.6) is 0 Å². The third-order valence-corrected chi connectivity index (χ3v) is 3.10. The molecule has 0 bridgehead atoms. The molecule has 0 heterocycles. The highest BCUT2D eigenvalue weighted by Gasteiger charge is 2.09. The maximum Gasteiger partial charge on any atom is 0.251 e. The van der Waals surface area contributed by atoms with Crippen LogP contribution in [0.1, 0.15) is 42.6 Å². The van der Waals surface area contributed by atoms with Crippen LogP contribution in [0, 0.1) is 12.8 Å².